The standard InChI is InChI=1S/C14H18O/c1-4-12-13-8-6-5-7-11(13)9-15-14(12)10(2)3/h4-8,10,12,14H,1,9H2,2-3H3/t12-,14-/m0/s1. The zero-order valence-corrected chi connectivity index (χ0v) is 9.44. The number of rotatable bonds is 2. The molecule has 0 spiro atoms. The lowest BCUT2D eigenvalue weighted by Gasteiger charge is -2.34. The molecule has 1 heteroatoms. The molecule has 1 aromatic carbocycles. The summed E-state index contributed by atoms with van der Waals surface area (Å²) in [6, 6.07) is 8.50. The van der Waals surface area contributed by atoms with Crippen LogP contribution in [0, 0.1) is 5.92 Å². The van der Waals surface area contributed by atoms with E-state index in [1.54, 1.807) is 0 Å². The van der Waals surface area contributed by atoms with Crippen molar-refractivity contribution in [2.45, 2.75) is 32.5 Å². The third-order valence-corrected chi connectivity index (χ3v) is 3.11. The Morgan fingerprint density at radius 1 is 1.40 bits per heavy atom. The Balaban J connectivity index is 2.38. The fourth-order valence-corrected chi connectivity index (χ4v) is 2.33. The predicted octanol–water partition coefficient (Wildman–Crippen LogP) is 3.51. The van der Waals surface area contributed by atoms with E-state index >= 15 is 0 Å². The molecule has 1 aliphatic heterocycles. The maximum Gasteiger partial charge on any atom is 0.0724 e. The van der Waals surface area contributed by atoms with Crippen LogP contribution in [0.4, 0.5) is 0 Å². The smallest absolute Gasteiger partial charge is 0.0724 e. The second-order valence-corrected chi connectivity index (χ2v) is 4.48. The summed E-state index contributed by atoms with van der Waals surface area (Å²) in [7, 11) is 0. The highest BCUT2D eigenvalue weighted by atomic mass is 16.5. The second-order valence-electron chi connectivity index (χ2n) is 4.48. The molecule has 0 saturated carbocycles. The van der Waals surface area contributed by atoms with Gasteiger partial charge in [0.05, 0.1) is 12.7 Å². The first-order valence-corrected chi connectivity index (χ1v) is 5.56. The molecule has 0 radical (unpaired) electrons. The van der Waals surface area contributed by atoms with E-state index in [1.165, 1.54) is 11.1 Å². The van der Waals surface area contributed by atoms with Gasteiger partial charge in [0.2, 0.25) is 0 Å². The predicted molar refractivity (Wildman–Crippen MR) is 62.8 cm³/mol. The molecule has 0 aliphatic carbocycles. The van der Waals surface area contributed by atoms with E-state index in [9.17, 15) is 0 Å². The van der Waals surface area contributed by atoms with Gasteiger partial charge in [0, 0.05) is 5.92 Å². The zero-order valence-electron chi connectivity index (χ0n) is 9.44. The molecule has 0 N–H and O–H groups in total. The minimum absolute atomic E-state index is 0.275. The average Bonchev–Trinajstić information content (AvgIpc) is 2.27. The molecule has 0 unspecified atom stereocenters. The van der Waals surface area contributed by atoms with E-state index in [0.717, 1.165) is 6.61 Å². The Hall–Kier alpha value is -1.08. The molecule has 0 fully saturated rings. The van der Waals surface area contributed by atoms with Crippen molar-refractivity contribution in [1.82, 2.24) is 0 Å². The van der Waals surface area contributed by atoms with Crippen molar-refractivity contribution < 1.29 is 4.74 Å². The summed E-state index contributed by atoms with van der Waals surface area (Å²) in [5.74, 6) is 0.872. The van der Waals surface area contributed by atoms with Crippen LogP contribution in [0.1, 0.15) is 30.9 Å². The maximum absolute atomic E-state index is 5.90. The van der Waals surface area contributed by atoms with E-state index in [1.807, 2.05) is 6.08 Å². The number of fused-ring (bicyclic) bond motifs is 1. The summed E-state index contributed by atoms with van der Waals surface area (Å²) in [5.41, 5.74) is 2.69. The topological polar surface area (TPSA) is 9.23 Å². The lowest BCUT2D eigenvalue weighted by molar-refractivity contribution is -0.0107. The maximum atomic E-state index is 5.90. The highest BCUT2D eigenvalue weighted by Crippen LogP contribution is 2.35. The monoisotopic (exact) mass is 202 g/mol. The van der Waals surface area contributed by atoms with Gasteiger partial charge >= 0.3 is 0 Å². The van der Waals surface area contributed by atoms with Gasteiger partial charge in [-0.1, -0.05) is 44.2 Å². The van der Waals surface area contributed by atoms with Gasteiger partial charge in [0.25, 0.3) is 0 Å². The Labute approximate surface area is 91.8 Å². The molecule has 1 aromatic rings. The van der Waals surface area contributed by atoms with Crippen LogP contribution in [-0.2, 0) is 11.3 Å². The summed E-state index contributed by atoms with van der Waals surface area (Å²) in [4.78, 5) is 0. The molecule has 0 aromatic heterocycles. The molecule has 1 heterocycles. The van der Waals surface area contributed by atoms with Crippen molar-refractivity contribution >= 4 is 0 Å². The van der Waals surface area contributed by atoms with E-state index in [0.29, 0.717) is 11.8 Å². The Morgan fingerprint density at radius 3 is 2.80 bits per heavy atom. The average molecular weight is 202 g/mol. The van der Waals surface area contributed by atoms with Crippen LogP contribution in [-0.4, -0.2) is 6.10 Å². The Kier molecular flexibility index (Phi) is 2.92. The molecule has 2 rings (SSSR count). The molecule has 0 bridgehead atoms. The van der Waals surface area contributed by atoms with Crippen molar-refractivity contribution in [3.05, 3.63) is 48.0 Å². The van der Waals surface area contributed by atoms with Crippen LogP contribution >= 0.6 is 0 Å². The van der Waals surface area contributed by atoms with Gasteiger partial charge in [-0.3, -0.25) is 0 Å². The first kappa shape index (κ1) is 10.4. The van der Waals surface area contributed by atoms with Gasteiger partial charge in [0.15, 0.2) is 0 Å². The minimum Gasteiger partial charge on any atom is -0.372 e. The van der Waals surface area contributed by atoms with Gasteiger partial charge < -0.3 is 4.74 Å². The van der Waals surface area contributed by atoms with E-state index < -0.39 is 0 Å². The molecule has 2 atom stereocenters. The Bertz CT molecular complexity index is 354. The molecule has 1 nitrogen and oxygen atoms in total. The van der Waals surface area contributed by atoms with E-state index in [2.05, 4.69) is 44.7 Å². The fraction of sp³-hybridized carbons (Fsp3) is 0.429. The Morgan fingerprint density at radius 2 is 2.13 bits per heavy atom. The van der Waals surface area contributed by atoms with Gasteiger partial charge in [0.1, 0.15) is 0 Å². The normalized spacial score (nSPS) is 25.0. The lowest BCUT2D eigenvalue weighted by atomic mass is 9.83. The van der Waals surface area contributed by atoms with Crippen LogP contribution in [0.3, 0.4) is 0 Å². The number of hydrogen-bond donors (Lipinski definition) is 0. The van der Waals surface area contributed by atoms with Crippen molar-refractivity contribution in [2.75, 3.05) is 0 Å². The molecule has 1 aliphatic rings. The molecule has 0 saturated heterocycles. The fourth-order valence-electron chi connectivity index (χ4n) is 2.33. The first-order chi connectivity index (χ1) is 7.24. The zero-order chi connectivity index (χ0) is 10.8. The number of hydrogen-bond acceptors (Lipinski definition) is 1. The summed E-state index contributed by atoms with van der Waals surface area (Å²) in [5, 5.41) is 0. The summed E-state index contributed by atoms with van der Waals surface area (Å²) in [6.07, 6.45) is 2.29. The van der Waals surface area contributed by atoms with Gasteiger partial charge in [-0.15, -0.1) is 6.58 Å². The van der Waals surface area contributed by atoms with Crippen LogP contribution in [0.25, 0.3) is 0 Å². The summed E-state index contributed by atoms with van der Waals surface area (Å²) < 4.78 is 5.90. The molecule has 80 valence electrons. The lowest BCUT2D eigenvalue weighted by Crippen LogP contribution is -2.31. The molecular weight excluding hydrogens is 184 g/mol. The van der Waals surface area contributed by atoms with E-state index in [4.69, 9.17) is 4.74 Å². The third kappa shape index (κ3) is 1.84. The summed E-state index contributed by atoms with van der Waals surface area (Å²) >= 11 is 0. The van der Waals surface area contributed by atoms with Crippen molar-refractivity contribution in [3.8, 4) is 0 Å². The van der Waals surface area contributed by atoms with Gasteiger partial charge in [-0.05, 0) is 17.0 Å². The van der Waals surface area contributed by atoms with Crippen LogP contribution < -0.4 is 0 Å². The SMILES string of the molecule is C=C[C@H]1c2ccccc2CO[C@H]1C(C)C. The highest BCUT2D eigenvalue weighted by Gasteiger charge is 2.29. The molecular formula is C14H18O. The van der Waals surface area contributed by atoms with Crippen LogP contribution in [0.2, 0.25) is 0 Å². The third-order valence-electron chi connectivity index (χ3n) is 3.11. The van der Waals surface area contributed by atoms with Gasteiger partial charge in [-0.25, -0.2) is 0 Å². The van der Waals surface area contributed by atoms with Crippen molar-refractivity contribution in [1.29, 1.82) is 0 Å². The minimum atomic E-state index is 0.275. The molecule has 0 amide bonds. The number of benzene rings is 1. The van der Waals surface area contributed by atoms with E-state index in [-0.39, 0.29) is 6.10 Å². The summed E-state index contributed by atoms with van der Waals surface area (Å²) in [6.45, 7) is 9.08. The highest BCUT2D eigenvalue weighted by molar-refractivity contribution is 5.35. The second kappa shape index (κ2) is 4.19. The van der Waals surface area contributed by atoms with Crippen LogP contribution in [0.15, 0.2) is 36.9 Å². The largest absolute Gasteiger partial charge is 0.372 e. The first-order valence-electron chi connectivity index (χ1n) is 5.56. The number of ether oxygens (including phenoxy) is 1. The van der Waals surface area contributed by atoms with Gasteiger partial charge in [-0.2, -0.15) is 0 Å². The van der Waals surface area contributed by atoms with Crippen molar-refractivity contribution in [3.63, 3.8) is 0 Å². The quantitative estimate of drug-likeness (QED) is 0.667. The molecule has 15 heavy (non-hydrogen) atoms. The van der Waals surface area contributed by atoms with Crippen molar-refractivity contribution in [2.24, 2.45) is 5.92 Å². The van der Waals surface area contributed by atoms with Crippen LogP contribution in [0.5, 0.6) is 0 Å².